The predicted octanol–water partition coefficient (Wildman–Crippen LogP) is 2.84. The summed E-state index contributed by atoms with van der Waals surface area (Å²) >= 11 is 0. The molecule has 32 heavy (non-hydrogen) atoms. The van der Waals surface area contributed by atoms with Crippen molar-refractivity contribution in [3.63, 3.8) is 0 Å². The summed E-state index contributed by atoms with van der Waals surface area (Å²) in [7, 11) is 1.52. The van der Waals surface area contributed by atoms with Gasteiger partial charge in [-0.25, -0.2) is 0 Å². The highest BCUT2D eigenvalue weighted by molar-refractivity contribution is 5.79. The molecular formula is C22H25F3N2O5. The molecule has 2 amide bonds. The lowest BCUT2D eigenvalue weighted by molar-refractivity contribution is -0.137. The van der Waals surface area contributed by atoms with Crippen LogP contribution in [0.4, 0.5) is 13.2 Å². The molecule has 0 saturated carbocycles. The van der Waals surface area contributed by atoms with Crippen molar-refractivity contribution in [3.05, 3.63) is 59.7 Å². The van der Waals surface area contributed by atoms with E-state index in [1.54, 1.807) is 24.3 Å². The number of alkyl halides is 3. The largest absolute Gasteiger partial charge is 0.497 e. The van der Waals surface area contributed by atoms with Gasteiger partial charge in [-0.2, -0.15) is 13.2 Å². The van der Waals surface area contributed by atoms with Crippen LogP contribution in [-0.2, 0) is 15.8 Å². The maximum absolute atomic E-state index is 12.7. The van der Waals surface area contributed by atoms with Crippen LogP contribution in [0.1, 0.15) is 30.5 Å². The van der Waals surface area contributed by atoms with Gasteiger partial charge in [0.2, 0.25) is 11.8 Å². The van der Waals surface area contributed by atoms with Crippen molar-refractivity contribution < 1.29 is 37.3 Å². The molecule has 174 valence electrons. The lowest BCUT2D eigenvalue weighted by atomic mass is 10.0. The van der Waals surface area contributed by atoms with E-state index in [4.69, 9.17) is 9.47 Å². The van der Waals surface area contributed by atoms with Gasteiger partial charge >= 0.3 is 6.18 Å². The van der Waals surface area contributed by atoms with Gasteiger partial charge in [0.15, 0.2) is 0 Å². The number of hydrogen-bond acceptors (Lipinski definition) is 5. The molecule has 0 aromatic heterocycles. The van der Waals surface area contributed by atoms with Gasteiger partial charge in [-0.05, 0) is 35.9 Å². The van der Waals surface area contributed by atoms with Crippen molar-refractivity contribution >= 4 is 11.8 Å². The molecule has 0 aliphatic rings. The van der Waals surface area contributed by atoms with Gasteiger partial charge < -0.3 is 25.2 Å². The zero-order chi connectivity index (χ0) is 23.7. The molecular weight excluding hydrogens is 429 g/mol. The minimum atomic E-state index is -4.50. The van der Waals surface area contributed by atoms with Crippen molar-refractivity contribution in [1.82, 2.24) is 10.6 Å². The minimum Gasteiger partial charge on any atom is -0.497 e. The van der Waals surface area contributed by atoms with Gasteiger partial charge in [0, 0.05) is 13.5 Å². The number of carbonyl (C=O) groups excluding carboxylic acids is 2. The molecule has 0 aliphatic carbocycles. The Hall–Kier alpha value is -3.27. The molecule has 7 nitrogen and oxygen atoms in total. The highest BCUT2D eigenvalue weighted by atomic mass is 19.4. The maximum atomic E-state index is 12.7. The van der Waals surface area contributed by atoms with Crippen LogP contribution < -0.4 is 20.1 Å². The van der Waals surface area contributed by atoms with E-state index in [1.165, 1.54) is 26.2 Å². The Morgan fingerprint density at radius 3 is 2.38 bits per heavy atom. The Morgan fingerprint density at radius 1 is 1.09 bits per heavy atom. The second-order valence-electron chi connectivity index (χ2n) is 7.02. The molecule has 2 unspecified atom stereocenters. The Labute approximate surface area is 183 Å². The molecule has 0 radical (unpaired) electrons. The fourth-order valence-electron chi connectivity index (χ4n) is 2.84. The highest BCUT2D eigenvalue weighted by Crippen LogP contribution is 2.31. The standard InChI is InChI=1S/C22H25F3N2O5/c1-14(28)27-20(15-6-8-18(31-2)9-7-15)11-21(30)26-12-17(29)13-32-19-5-3-4-16(10-19)22(23,24)25/h3-10,17,20,29H,11-13H2,1-2H3,(H,26,30)(H,27,28). The van der Waals surface area contributed by atoms with Crippen LogP contribution in [0.25, 0.3) is 0 Å². The number of benzene rings is 2. The van der Waals surface area contributed by atoms with Gasteiger partial charge in [-0.15, -0.1) is 0 Å². The van der Waals surface area contributed by atoms with Crippen LogP contribution >= 0.6 is 0 Å². The van der Waals surface area contributed by atoms with E-state index in [1.807, 2.05) is 0 Å². The fraction of sp³-hybridized carbons (Fsp3) is 0.364. The first-order valence-corrected chi connectivity index (χ1v) is 9.74. The number of aliphatic hydroxyl groups excluding tert-OH is 1. The number of nitrogens with one attached hydrogen (secondary N) is 2. The number of amides is 2. The van der Waals surface area contributed by atoms with Crippen LogP contribution in [0.2, 0.25) is 0 Å². The maximum Gasteiger partial charge on any atom is 0.416 e. The Kier molecular flexibility index (Phi) is 8.89. The number of ether oxygens (including phenoxy) is 2. The number of rotatable bonds is 10. The van der Waals surface area contributed by atoms with Crippen molar-refractivity contribution in [2.45, 2.75) is 31.7 Å². The second-order valence-corrected chi connectivity index (χ2v) is 7.02. The summed E-state index contributed by atoms with van der Waals surface area (Å²) < 4.78 is 48.5. The monoisotopic (exact) mass is 454 g/mol. The lowest BCUT2D eigenvalue weighted by Crippen LogP contribution is -2.38. The van der Waals surface area contributed by atoms with Gasteiger partial charge in [0.1, 0.15) is 24.2 Å². The summed E-state index contributed by atoms with van der Waals surface area (Å²) in [4.78, 5) is 23.8. The molecule has 2 aromatic carbocycles. The van der Waals surface area contributed by atoms with E-state index in [-0.39, 0.29) is 31.2 Å². The third-order valence-electron chi connectivity index (χ3n) is 4.42. The quantitative estimate of drug-likeness (QED) is 0.513. The van der Waals surface area contributed by atoms with Crippen LogP contribution in [-0.4, -0.2) is 43.3 Å². The Bertz CT molecular complexity index is 903. The van der Waals surface area contributed by atoms with Crippen LogP contribution in [0.5, 0.6) is 11.5 Å². The summed E-state index contributed by atoms with van der Waals surface area (Å²) in [5.41, 5.74) is -0.162. The van der Waals surface area contributed by atoms with Gasteiger partial charge in [-0.1, -0.05) is 18.2 Å². The Balaban J connectivity index is 1.86. The first-order valence-electron chi connectivity index (χ1n) is 9.74. The number of halogens is 3. The number of hydrogen-bond donors (Lipinski definition) is 3. The molecule has 0 bridgehead atoms. The summed E-state index contributed by atoms with van der Waals surface area (Å²) in [6.07, 6.45) is -5.72. The van der Waals surface area contributed by atoms with Gasteiger partial charge in [-0.3, -0.25) is 9.59 Å². The highest BCUT2D eigenvalue weighted by Gasteiger charge is 2.30. The lowest BCUT2D eigenvalue weighted by Gasteiger charge is -2.19. The van der Waals surface area contributed by atoms with E-state index in [0.29, 0.717) is 11.3 Å². The number of aliphatic hydroxyl groups is 1. The number of carbonyl (C=O) groups is 2. The molecule has 0 fully saturated rings. The van der Waals surface area contributed by atoms with E-state index in [0.717, 1.165) is 12.1 Å². The van der Waals surface area contributed by atoms with Gasteiger partial charge in [0.05, 0.1) is 25.1 Å². The smallest absolute Gasteiger partial charge is 0.416 e. The first-order chi connectivity index (χ1) is 15.1. The van der Waals surface area contributed by atoms with E-state index >= 15 is 0 Å². The fourth-order valence-corrected chi connectivity index (χ4v) is 2.84. The first kappa shape index (κ1) is 25.0. The van der Waals surface area contributed by atoms with Crippen molar-refractivity contribution in [2.75, 3.05) is 20.3 Å². The molecule has 0 spiro atoms. The van der Waals surface area contributed by atoms with Crippen molar-refractivity contribution in [1.29, 1.82) is 0 Å². The summed E-state index contributed by atoms with van der Waals surface area (Å²) in [5, 5.41) is 15.2. The van der Waals surface area contributed by atoms with E-state index < -0.39 is 29.8 Å². The van der Waals surface area contributed by atoms with E-state index in [9.17, 15) is 27.9 Å². The van der Waals surface area contributed by atoms with Crippen molar-refractivity contribution in [3.8, 4) is 11.5 Å². The van der Waals surface area contributed by atoms with E-state index in [2.05, 4.69) is 10.6 Å². The molecule has 0 aliphatic heterocycles. The zero-order valence-corrected chi connectivity index (χ0v) is 17.6. The summed E-state index contributed by atoms with van der Waals surface area (Å²) in [6, 6.07) is 10.6. The number of methoxy groups -OCH3 is 1. The van der Waals surface area contributed by atoms with Crippen LogP contribution in [0.3, 0.4) is 0 Å². The topological polar surface area (TPSA) is 96.9 Å². The molecule has 3 N–H and O–H groups in total. The molecule has 2 aromatic rings. The molecule has 10 heteroatoms. The van der Waals surface area contributed by atoms with Crippen LogP contribution in [0, 0.1) is 0 Å². The van der Waals surface area contributed by atoms with Crippen molar-refractivity contribution in [2.24, 2.45) is 0 Å². The normalized spacial score (nSPS) is 13.1. The zero-order valence-electron chi connectivity index (χ0n) is 17.6. The predicted molar refractivity (Wildman–Crippen MR) is 110 cm³/mol. The summed E-state index contributed by atoms with van der Waals surface area (Å²) in [5.74, 6) is -0.162. The third kappa shape index (κ3) is 8.10. The molecule has 0 heterocycles. The second kappa shape index (κ2) is 11.4. The molecule has 2 rings (SSSR count). The van der Waals surface area contributed by atoms with Gasteiger partial charge in [0.25, 0.3) is 0 Å². The minimum absolute atomic E-state index is 0.0459. The SMILES string of the molecule is COc1ccc(C(CC(=O)NCC(O)COc2cccc(C(F)(F)F)c2)NC(C)=O)cc1. The average Bonchev–Trinajstić information content (AvgIpc) is 2.75. The third-order valence-corrected chi connectivity index (χ3v) is 4.42. The Morgan fingerprint density at radius 2 is 1.78 bits per heavy atom. The molecule has 2 atom stereocenters. The molecule has 0 saturated heterocycles. The average molecular weight is 454 g/mol. The van der Waals surface area contributed by atoms with Crippen LogP contribution in [0.15, 0.2) is 48.5 Å². The summed E-state index contributed by atoms with van der Waals surface area (Å²) in [6.45, 7) is 0.853.